The predicted molar refractivity (Wildman–Crippen MR) is 90.6 cm³/mol. The van der Waals surface area contributed by atoms with Crippen LogP contribution >= 0.6 is 0 Å². The zero-order valence-electron chi connectivity index (χ0n) is 13.8. The number of H-pyrrole nitrogens is 1. The Labute approximate surface area is 135 Å². The topological polar surface area (TPSA) is 76.2 Å². The van der Waals surface area contributed by atoms with Crippen molar-refractivity contribution in [2.75, 3.05) is 26.1 Å². The molecule has 1 aromatic carbocycles. The van der Waals surface area contributed by atoms with Crippen molar-refractivity contribution in [3.05, 3.63) is 45.9 Å². The van der Waals surface area contributed by atoms with Gasteiger partial charge in [0.05, 0.1) is 14.2 Å². The first-order valence-electron chi connectivity index (χ1n) is 7.71. The summed E-state index contributed by atoms with van der Waals surface area (Å²) in [6.45, 7) is 2.72. The molecule has 2 aromatic rings. The number of hydrogen-bond donors (Lipinski definition) is 2. The highest BCUT2D eigenvalue weighted by molar-refractivity contribution is 5.43. The number of nitrogens with one attached hydrogen (secondary N) is 2. The monoisotopic (exact) mass is 317 g/mol. The van der Waals surface area contributed by atoms with Gasteiger partial charge in [-0.1, -0.05) is 19.4 Å². The highest BCUT2D eigenvalue weighted by atomic mass is 16.5. The van der Waals surface area contributed by atoms with Gasteiger partial charge < -0.3 is 14.8 Å². The van der Waals surface area contributed by atoms with Crippen molar-refractivity contribution in [1.29, 1.82) is 0 Å². The molecule has 2 rings (SSSR count). The molecule has 0 atom stereocenters. The molecule has 0 unspecified atom stereocenters. The number of rotatable bonds is 8. The highest BCUT2D eigenvalue weighted by Crippen LogP contribution is 2.27. The lowest BCUT2D eigenvalue weighted by molar-refractivity contribution is 0.354. The van der Waals surface area contributed by atoms with E-state index in [1.807, 2.05) is 18.2 Å². The van der Waals surface area contributed by atoms with Crippen molar-refractivity contribution in [3.63, 3.8) is 0 Å². The fourth-order valence-electron chi connectivity index (χ4n) is 2.34. The summed E-state index contributed by atoms with van der Waals surface area (Å²) in [5.74, 6) is 1.94. The summed E-state index contributed by atoms with van der Waals surface area (Å²) in [4.78, 5) is 18.7. The SMILES string of the molecule is CCCc1cc(=O)[nH]c(NCCc2ccc(OC)c(OC)c2)n1. The summed E-state index contributed by atoms with van der Waals surface area (Å²) in [6, 6.07) is 7.37. The van der Waals surface area contributed by atoms with Gasteiger partial charge in [0, 0.05) is 18.3 Å². The molecular weight excluding hydrogens is 294 g/mol. The maximum absolute atomic E-state index is 11.6. The molecule has 0 aliphatic rings. The minimum atomic E-state index is -0.128. The van der Waals surface area contributed by atoms with Gasteiger partial charge in [0.25, 0.3) is 5.56 Å². The Morgan fingerprint density at radius 2 is 1.91 bits per heavy atom. The van der Waals surface area contributed by atoms with E-state index in [0.29, 0.717) is 24.0 Å². The number of nitrogens with zero attached hydrogens (tertiary/aromatic N) is 1. The standard InChI is InChI=1S/C17H23N3O3/c1-4-5-13-11-16(21)20-17(19-13)18-9-8-12-6-7-14(22-2)15(10-12)23-3/h6-7,10-11H,4-5,8-9H2,1-3H3,(H2,18,19,20,21). The molecule has 0 radical (unpaired) electrons. The lowest BCUT2D eigenvalue weighted by Crippen LogP contribution is -2.15. The average molecular weight is 317 g/mol. The minimum Gasteiger partial charge on any atom is -0.493 e. The Bertz CT molecular complexity index is 698. The molecule has 0 spiro atoms. The Morgan fingerprint density at radius 3 is 2.61 bits per heavy atom. The highest BCUT2D eigenvalue weighted by Gasteiger charge is 2.05. The third-order valence-electron chi connectivity index (χ3n) is 3.45. The number of aryl methyl sites for hydroxylation is 1. The van der Waals surface area contributed by atoms with Gasteiger partial charge in [-0.15, -0.1) is 0 Å². The number of hydrogen-bond acceptors (Lipinski definition) is 5. The number of anilines is 1. The predicted octanol–water partition coefficient (Wildman–Crippen LogP) is 2.39. The fourth-order valence-corrected chi connectivity index (χ4v) is 2.34. The van der Waals surface area contributed by atoms with Crippen LogP contribution in [0.4, 0.5) is 5.95 Å². The van der Waals surface area contributed by atoms with E-state index >= 15 is 0 Å². The molecule has 2 N–H and O–H groups in total. The first kappa shape index (κ1) is 16.9. The molecule has 0 saturated heterocycles. The number of methoxy groups -OCH3 is 2. The summed E-state index contributed by atoms with van der Waals surface area (Å²) in [7, 11) is 3.23. The van der Waals surface area contributed by atoms with Crippen molar-refractivity contribution in [2.45, 2.75) is 26.2 Å². The van der Waals surface area contributed by atoms with Crippen molar-refractivity contribution in [1.82, 2.24) is 9.97 Å². The average Bonchev–Trinajstić information content (AvgIpc) is 2.54. The van der Waals surface area contributed by atoms with Gasteiger partial charge in [-0.2, -0.15) is 0 Å². The number of ether oxygens (including phenoxy) is 2. The Kier molecular flexibility index (Phi) is 6.02. The first-order chi connectivity index (χ1) is 11.2. The van der Waals surface area contributed by atoms with E-state index < -0.39 is 0 Å². The summed E-state index contributed by atoms with van der Waals surface area (Å²) < 4.78 is 10.5. The van der Waals surface area contributed by atoms with Gasteiger partial charge in [-0.05, 0) is 30.5 Å². The lowest BCUT2D eigenvalue weighted by atomic mass is 10.1. The molecule has 0 bridgehead atoms. The summed E-state index contributed by atoms with van der Waals surface area (Å²) >= 11 is 0. The lowest BCUT2D eigenvalue weighted by Gasteiger charge is -2.10. The van der Waals surface area contributed by atoms with Gasteiger partial charge in [-0.3, -0.25) is 9.78 Å². The third-order valence-corrected chi connectivity index (χ3v) is 3.45. The second-order valence-corrected chi connectivity index (χ2v) is 5.20. The molecule has 124 valence electrons. The van der Waals surface area contributed by atoms with E-state index in [0.717, 1.165) is 30.5 Å². The minimum absolute atomic E-state index is 0.128. The van der Waals surface area contributed by atoms with Crippen LogP contribution in [-0.4, -0.2) is 30.7 Å². The van der Waals surface area contributed by atoms with Gasteiger partial charge in [0.2, 0.25) is 5.95 Å². The van der Waals surface area contributed by atoms with Crippen molar-refractivity contribution < 1.29 is 9.47 Å². The molecular formula is C17H23N3O3. The van der Waals surface area contributed by atoms with E-state index in [1.54, 1.807) is 20.3 Å². The Balaban J connectivity index is 1.98. The molecule has 1 heterocycles. The van der Waals surface area contributed by atoms with Crippen LogP contribution in [0.15, 0.2) is 29.1 Å². The van der Waals surface area contributed by atoms with Gasteiger partial charge in [-0.25, -0.2) is 4.98 Å². The molecule has 0 saturated carbocycles. The maximum atomic E-state index is 11.6. The molecule has 23 heavy (non-hydrogen) atoms. The number of aromatic nitrogens is 2. The van der Waals surface area contributed by atoms with Crippen molar-refractivity contribution >= 4 is 5.95 Å². The van der Waals surface area contributed by atoms with E-state index in [1.165, 1.54) is 0 Å². The number of aromatic amines is 1. The quantitative estimate of drug-likeness (QED) is 0.782. The van der Waals surface area contributed by atoms with Gasteiger partial charge in [0.1, 0.15) is 0 Å². The third kappa shape index (κ3) is 4.74. The summed E-state index contributed by atoms with van der Waals surface area (Å²) in [5.41, 5.74) is 1.80. The van der Waals surface area contributed by atoms with Crippen LogP contribution in [0, 0.1) is 0 Å². The molecule has 0 amide bonds. The van der Waals surface area contributed by atoms with Crippen LogP contribution in [0.5, 0.6) is 11.5 Å². The maximum Gasteiger partial charge on any atom is 0.252 e. The van der Waals surface area contributed by atoms with Crippen LogP contribution < -0.4 is 20.3 Å². The second-order valence-electron chi connectivity index (χ2n) is 5.20. The van der Waals surface area contributed by atoms with E-state index in [-0.39, 0.29) is 5.56 Å². The van der Waals surface area contributed by atoms with E-state index in [9.17, 15) is 4.79 Å². The fraction of sp³-hybridized carbons (Fsp3) is 0.412. The van der Waals surface area contributed by atoms with Crippen molar-refractivity contribution in [2.24, 2.45) is 0 Å². The molecule has 0 fully saturated rings. The molecule has 0 aliphatic carbocycles. The second kappa shape index (κ2) is 8.22. The van der Waals surface area contributed by atoms with Crippen molar-refractivity contribution in [3.8, 4) is 11.5 Å². The van der Waals surface area contributed by atoms with Crippen LogP contribution in [-0.2, 0) is 12.8 Å². The van der Waals surface area contributed by atoms with E-state index in [2.05, 4.69) is 22.2 Å². The summed E-state index contributed by atoms with van der Waals surface area (Å²) in [6.07, 6.45) is 2.54. The van der Waals surface area contributed by atoms with Crippen LogP contribution in [0.25, 0.3) is 0 Å². The molecule has 6 heteroatoms. The molecule has 6 nitrogen and oxygen atoms in total. The smallest absolute Gasteiger partial charge is 0.252 e. The van der Waals surface area contributed by atoms with E-state index in [4.69, 9.17) is 9.47 Å². The number of benzene rings is 1. The zero-order valence-corrected chi connectivity index (χ0v) is 13.8. The van der Waals surface area contributed by atoms with Crippen LogP contribution in [0.3, 0.4) is 0 Å². The Morgan fingerprint density at radius 1 is 1.13 bits per heavy atom. The largest absolute Gasteiger partial charge is 0.493 e. The van der Waals surface area contributed by atoms with Crippen LogP contribution in [0.2, 0.25) is 0 Å². The normalized spacial score (nSPS) is 10.4. The van der Waals surface area contributed by atoms with Gasteiger partial charge in [0.15, 0.2) is 11.5 Å². The zero-order chi connectivity index (χ0) is 16.7. The Hall–Kier alpha value is -2.50. The van der Waals surface area contributed by atoms with Crippen LogP contribution in [0.1, 0.15) is 24.6 Å². The molecule has 0 aliphatic heterocycles. The first-order valence-corrected chi connectivity index (χ1v) is 7.71. The molecule has 1 aromatic heterocycles. The summed E-state index contributed by atoms with van der Waals surface area (Å²) in [5, 5.41) is 3.16. The van der Waals surface area contributed by atoms with Gasteiger partial charge >= 0.3 is 0 Å².